The van der Waals surface area contributed by atoms with Crippen molar-refractivity contribution in [1.29, 1.82) is 0 Å². The Morgan fingerprint density at radius 2 is 2.43 bits per heavy atom. The van der Waals surface area contributed by atoms with Crippen LogP contribution in [-0.2, 0) is 9.53 Å². The molecule has 1 atom stereocenters. The van der Waals surface area contributed by atoms with Crippen molar-refractivity contribution in [2.45, 2.75) is 19.4 Å². The molecule has 78 valence electrons. The lowest BCUT2D eigenvalue weighted by atomic mass is 10.2. The molecule has 1 aromatic rings. The predicted octanol–water partition coefficient (Wildman–Crippen LogP) is 2.39. The average molecular weight is 235 g/mol. The Bertz CT molecular complexity index is 311. The number of halogens is 1. The molecule has 0 fully saturated rings. The summed E-state index contributed by atoms with van der Waals surface area (Å²) in [4.78, 5) is 11.7. The molecule has 5 heteroatoms. The Hall–Kier alpha value is -0.580. The number of aliphatic hydroxyl groups is 1. The van der Waals surface area contributed by atoms with E-state index in [9.17, 15) is 9.90 Å². The van der Waals surface area contributed by atoms with Crippen molar-refractivity contribution in [2.75, 3.05) is 6.61 Å². The van der Waals surface area contributed by atoms with E-state index in [2.05, 4.69) is 0 Å². The van der Waals surface area contributed by atoms with Crippen LogP contribution in [0, 0.1) is 0 Å². The van der Waals surface area contributed by atoms with Crippen LogP contribution in [0.25, 0.3) is 0 Å². The van der Waals surface area contributed by atoms with Crippen LogP contribution < -0.4 is 0 Å². The molecule has 0 radical (unpaired) electrons. The fourth-order valence-corrected chi connectivity index (χ4v) is 2.03. The van der Waals surface area contributed by atoms with E-state index in [1.807, 2.05) is 0 Å². The van der Waals surface area contributed by atoms with Gasteiger partial charge in [-0.2, -0.15) is 0 Å². The fourth-order valence-electron chi connectivity index (χ4n) is 0.986. The molecular weight excluding hydrogens is 224 g/mol. The van der Waals surface area contributed by atoms with Crippen LogP contribution in [0.15, 0.2) is 12.1 Å². The van der Waals surface area contributed by atoms with Crippen LogP contribution in [0.5, 0.6) is 0 Å². The lowest BCUT2D eigenvalue weighted by molar-refractivity contribution is -0.145. The first-order valence-electron chi connectivity index (χ1n) is 4.22. The van der Waals surface area contributed by atoms with E-state index in [4.69, 9.17) is 16.3 Å². The summed E-state index contributed by atoms with van der Waals surface area (Å²) in [6.07, 6.45) is -0.837. The number of thiophene rings is 1. The molecule has 0 aromatic carbocycles. The molecule has 1 heterocycles. The average Bonchev–Trinajstić information content (AvgIpc) is 2.52. The van der Waals surface area contributed by atoms with Gasteiger partial charge in [-0.15, -0.1) is 11.3 Å². The van der Waals surface area contributed by atoms with Gasteiger partial charge in [0.05, 0.1) is 23.5 Å². The zero-order chi connectivity index (χ0) is 10.6. The molecule has 1 rings (SSSR count). The van der Waals surface area contributed by atoms with Crippen molar-refractivity contribution >= 4 is 28.9 Å². The highest BCUT2D eigenvalue weighted by atomic mass is 35.5. The van der Waals surface area contributed by atoms with Gasteiger partial charge in [-0.25, -0.2) is 0 Å². The third-order valence-electron chi connectivity index (χ3n) is 1.59. The van der Waals surface area contributed by atoms with Crippen LogP contribution in [0.3, 0.4) is 0 Å². The molecule has 0 aliphatic rings. The molecule has 0 saturated heterocycles. The zero-order valence-corrected chi connectivity index (χ0v) is 9.27. The summed E-state index contributed by atoms with van der Waals surface area (Å²) in [6, 6.07) is 3.40. The maximum absolute atomic E-state index is 11.0. The van der Waals surface area contributed by atoms with E-state index in [0.29, 0.717) is 15.8 Å². The van der Waals surface area contributed by atoms with E-state index in [1.54, 1.807) is 19.1 Å². The number of esters is 1. The molecule has 1 N–H and O–H groups in total. The van der Waals surface area contributed by atoms with Crippen LogP contribution in [-0.4, -0.2) is 17.7 Å². The molecule has 0 bridgehead atoms. The van der Waals surface area contributed by atoms with Gasteiger partial charge >= 0.3 is 5.97 Å². The summed E-state index contributed by atoms with van der Waals surface area (Å²) in [5.74, 6) is -0.399. The molecule has 0 spiro atoms. The Morgan fingerprint density at radius 3 is 2.93 bits per heavy atom. The first-order valence-corrected chi connectivity index (χ1v) is 5.42. The number of ether oxygens (including phenoxy) is 1. The topological polar surface area (TPSA) is 46.5 Å². The summed E-state index contributed by atoms with van der Waals surface area (Å²) < 4.78 is 5.31. The summed E-state index contributed by atoms with van der Waals surface area (Å²) in [5, 5.41) is 9.58. The Morgan fingerprint density at radius 1 is 1.71 bits per heavy atom. The Labute approximate surface area is 91.3 Å². The van der Waals surface area contributed by atoms with Gasteiger partial charge < -0.3 is 9.84 Å². The molecule has 0 aliphatic carbocycles. The smallest absolute Gasteiger partial charge is 0.308 e. The van der Waals surface area contributed by atoms with Gasteiger partial charge in [0.15, 0.2) is 0 Å². The molecule has 0 aliphatic heterocycles. The van der Waals surface area contributed by atoms with Gasteiger partial charge in [0.25, 0.3) is 0 Å². The maximum Gasteiger partial charge on any atom is 0.308 e. The van der Waals surface area contributed by atoms with Crippen molar-refractivity contribution in [3.8, 4) is 0 Å². The van der Waals surface area contributed by atoms with Crippen molar-refractivity contribution < 1.29 is 14.6 Å². The summed E-state index contributed by atoms with van der Waals surface area (Å²) in [6.45, 7) is 2.06. The number of carbonyl (C=O) groups is 1. The van der Waals surface area contributed by atoms with Crippen LogP contribution in [0.2, 0.25) is 4.34 Å². The molecule has 3 nitrogen and oxygen atoms in total. The molecule has 1 aromatic heterocycles. The lowest BCUT2D eigenvalue weighted by Gasteiger charge is -2.06. The molecule has 0 saturated carbocycles. The predicted molar refractivity (Wildman–Crippen MR) is 55.5 cm³/mol. The van der Waals surface area contributed by atoms with E-state index in [-0.39, 0.29) is 6.42 Å². The maximum atomic E-state index is 11.0. The highest BCUT2D eigenvalue weighted by Gasteiger charge is 2.15. The summed E-state index contributed by atoms with van der Waals surface area (Å²) >= 11 is 6.96. The number of hydrogen-bond donors (Lipinski definition) is 1. The number of aliphatic hydroxyl groups excluding tert-OH is 1. The monoisotopic (exact) mass is 234 g/mol. The van der Waals surface area contributed by atoms with Crippen LogP contribution in [0.1, 0.15) is 24.3 Å². The Balaban J connectivity index is 2.50. The van der Waals surface area contributed by atoms with Crippen molar-refractivity contribution in [2.24, 2.45) is 0 Å². The van der Waals surface area contributed by atoms with Gasteiger partial charge in [-0.3, -0.25) is 4.79 Å². The van der Waals surface area contributed by atoms with Crippen LogP contribution in [0.4, 0.5) is 0 Å². The SMILES string of the molecule is CCOC(=O)C[C@@H](O)c1ccc(Cl)s1. The highest BCUT2D eigenvalue weighted by Crippen LogP contribution is 2.28. The first kappa shape index (κ1) is 11.5. The van der Waals surface area contributed by atoms with Crippen molar-refractivity contribution in [1.82, 2.24) is 0 Å². The minimum atomic E-state index is -0.813. The molecular formula is C9H11ClO3S. The fraction of sp³-hybridized carbons (Fsp3) is 0.444. The standard InChI is InChI=1S/C9H11ClO3S/c1-2-13-9(12)5-6(11)7-3-4-8(10)14-7/h3-4,6,11H,2,5H2,1H3/t6-/m1/s1. The highest BCUT2D eigenvalue weighted by molar-refractivity contribution is 7.16. The largest absolute Gasteiger partial charge is 0.466 e. The first-order chi connectivity index (χ1) is 6.63. The second-order valence-corrected chi connectivity index (χ2v) is 4.41. The third-order valence-corrected chi connectivity index (χ3v) is 2.92. The molecule has 14 heavy (non-hydrogen) atoms. The van der Waals surface area contributed by atoms with Crippen LogP contribution >= 0.6 is 22.9 Å². The van der Waals surface area contributed by atoms with E-state index in [1.165, 1.54) is 11.3 Å². The second kappa shape index (κ2) is 5.34. The van der Waals surface area contributed by atoms with Gasteiger partial charge in [0.1, 0.15) is 0 Å². The van der Waals surface area contributed by atoms with E-state index < -0.39 is 12.1 Å². The number of carbonyl (C=O) groups excluding carboxylic acids is 1. The zero-order valence-electron chi connectivity index (χ0n) is 7.70. The lowest BCUT2D eigenvalue weighted by Crippen LogP contribution is -2.09. The van der Waals surface area contributed by atoms with Crippen molar-refractivity contribution in [3.05, 3.63) is 21.3 Å². The van der Waals surface area contributed by atoms with E-state index >= 15 is 0 Å². The summed E-state index contributed by atoms with van der Waals surface area (Å²) in [7, 11) is 0. The quantitative estimate of drug-likeness (QED) is 0.814. The minimum absolute atomic E-state index is 0.0231. The molecule has 0 unspecified atom stereocenters. The van der Waals surface area contributed by atoms with Gasteiger partial charge in [0, 0.05) is 4.88 Å². The summed E-state index contributed by atoms with van der Waals surface area (Å²) in [5.41, 5.74) is 0. The second-order valence-electron chi connectivity index (χ2n) is 2.67. The number of rotatable bonds is 4. The van der Waals surface area contributed by atoms with Crippen molar-refractivity contribution in [3.63, 3.8) is 0 Å². The Kier molecular flexibility index (Phi) is 4.38. The van der Waals surface area contributed by atoms with Gasteiger partial charge in [0.2, 0.25) is 0 Å². The van der Waals surface area contributed by atoms with Gasteiger partial charge in [-0.05, 0) is 19.1 Å². The minimum Gasteiger partial charge on any atom is -0.466 e. The normalized spacial score (nSPS) is 12.5. The van der Waals surface area contributed by atoms with Gasteiger partial charge in [-0.1, -0.05) is 11.6 Å². The molecule has 0 amide bonds. The van der Waals surface area contributed by atoms with E-state index in [0.717, 1.165) is 0 Å². The third kappa shape index (κ3) is 3.29. The number of hydrogen-bond acceptors (Lipinski definition) is 4.